The minimum Gasteiger partial charge on any atom is -0.494 e. The maximum absolute atomic E-state index is 14.7. The van der Waals surface area contributed by atoms with Crippen LogP contribution in [0.15, 0.2) is 109 Å². The van der Waals surface area contributed by atoms with Gasteiger partial charge in [0.25, 0.3) is 0 Å². The highest BCUT2D eigenvalue weighted by Crippen LogP contribution is 2.50. The Kier molecular flexibility index (Phi) is 19.1. The maximum Gasteiger partial charge on any atom is 0.195 e. The molecule has 0 saturated carbocycles. The van der Waals surface area contributed by atoms with E-state index in [1.807, 2.05) is 60.7 Å². The van der Waals surface area contributed by atoms with Gasteiger partial charge in [-0.25, -0.2) is 0 Å². The Balaban J connectivity index is 1.27. The van der Waals surface area contributed by atoms with E-state index in [4.69, 9.17) is 9.47 Å². The third kappa shape index (κ3) is 13.4. The first kappa shape index (κ1) is 42.8. The summed E-state index contributed by atoms with van der Waals surface area (Å²) in [5.41, 5.74) is 7.25. The van der Waals surface area contributed by atoms with Crippen LogP contribution in [-0.2, 0) is 4.79 Å². The van der Waals surface area contributed by atoms with Gasteiger partial charge in [0.1, 0.15) is 11.5 Å². The van der Waals surface area contributed by atoms with Gasteiger partial charge >= 0.3 is 0 Å². The zero-order valence-electron chi connectivity index (χ0n) is 34.7. The molecule has 0 unspecified atom stereocenters. The van der Waals surface area contributed by atoms with Crippen molar-refractivity contribution in [3.8, 4) is 11.5 Å². The van der Waals surface area contributed by atoms with Gasteiger partial charge in [0.15, 0.2) is 5.78 Å². The normalized spacial score (nSPS) is 12.9. The van der Waals surface area contributed by atoms with E-state index in [0.29, 0.717) is 0 Å². The summed E-state index contributed by atoms with van der Waals surface area (Å²) in [6.07, 6.45) is 26.2. The van der Waals surface area contributed by atoms with Gasteiger partial charge in [0, 0.05) is 22.3 Å². The van der Waals surface area contributed by atoms with Gasteiger partial charge < -0.3 is 9.47 Å². The van der Waals surface area contributed by atoms with Crippen LogP contribution in [0.5, 0.6) is 11.5 Å². The smallest absolute Gasteiger partial charge is 0.195 e. The van der Waals surface area contributed by atoms with Gasteiger partial charge in [-0.2, -0.15) is 0 Å². The van der Waals surface area contributed by atoms with Crippen LogP contribution in [0.1, 0.15) is 165 Å². The highest BCUT2D eigenvalue weighted by atomic mass is 16.5. The molecule has 0 saturated heterocycles. The first-order valence-corrected chi connectivity index (χ1v) is 22.3. The number of ketones is 1. The molecule has 0 aliphatic heterocycles. The second-order valence-electron chi connectivity index (χ2n) is 15.7. The van der Waals surface area contributed by atoms with E-state index in [-0.39, 0.29) is 5.78 Å². The molecule has 4 aromatic carbocycles. The van der Waals surface area contributed by atoms with Crippen molar-refractivity contribution < 1.29 is 14.3 Å². The number of Topliss-reactive ketones (excluding diaryl/α,β-unsaturated/α-hetero) is 1. The average Bonchev–Trinajstić information content (AvgIpc) is 3.55. The van der Waals surface area contributed by atoms with Gasteiger partial charge in [-0.05, 0) is 59.4 Å². The van der Waals surface area contributed by atoms with Crippen LogP contribution in [0.2, 0.25) is 0 Å². The fourth-order valence-electron chi connectivity index (χ4n) is 7.93. The molecule has 56 heavy (non-hydrogen) atoms. The molecule has 0 amide bonds. The molecule has 3 nitrogen and oxygen atoms in total. The number of ether oxygens (including phenoxy) is 2. The molecule has 0 aromatic heterocycles. The van der Waals surface area contributed by atoms with Gasteiger partial charge in [0.2, 0.25) is 0 Å². The van der Waals surface area contributed by atoms with Crippen molar-refractivity contribution >= 4 is 28.1 Å². The second kappa shape index (κ2) is 25.0. The monoisotopic (exact) mass is 753 g/mol. The molecule has 1 aliphatic carbocycles. The fourth-order valence-corrected chi connectivity index (χ4v) is 7.93. The molecular weight excluding hydrogens is 685 g/mol. The van der Waals surface area contributed by atoms with Crippen molar-refractivity contribution in [1.82, 2.24) is 0 Å². The molecule has 4 aromatic rings. The van der Waals surface area contributed by atoms with Crippen LogP contribution in [-0.4, -0.2) is 19.0 Å². The largest absolute Gasteiger partial charge is 0.494 e. The molecule has 298 valence electrons. The number of benzene rings is 4. The highest BCUT2D eigenvalue weighted by Gasteiger charge is 2.35. The molecule has 0 fully saturated rings. The van der Waals surface area contributed by atoms with E-state index in [0.717, 1.165) is 82.1 Å². The van der Waals surface area contributed by atoms with Gasteiger partial charge in [-0.3, -0.25) is 4.79 Å². The lowest BCUT2D eigenvalue weighted by Gasteiger charge is -2.15. The Morgan fingerprint density at radius 3 is 0.929 bits per heavy atom. The SMILES string of the molecule is CCCCCCCCCCCCOc1ccc(C2=C(c3ccccc3)C(=O)C(c3ccccc3)=C2c2ccc(OCCCCCCCCCCCC)cc2)cc1. The first-order valence-electron chi connectivity index (χ1n) is 22.3. The number of hydrogen-bond acceptors (Lipinski definition) is 3. The summed E-state index contributed by atoms with van der Waals surface area (Å²) >= 11 is 0. The van der Waals surface area contributed by atoms with E-state index in [1.54, 1.807) is 0 Å². The summed E-state index contributed by atoms with van der Waals surface area (Å²) in [6.45, 7) is 6.00. The molecule has 0 bridgehead atoms. The van der Waals surface area contributed by atoms with Crippen LogP contribution >= 0.6 is 0 Å². The number of carbonyl (C=O) groups excluding carboxylic acids is 1. The standard InChI is InChI=1S/C53H68O3/c1-3-5-7-9-11-13-15-17-19-27-41-55-47-37-33-45(34-38-47)49-50(52(44-31-25-22-26-32-44)53(54)51(49)43-29-23-21-24-30-43)46-35-39-48(40-36-46)56-42-28-20-18-16-14-12-10-8-6-4-2/h21-26,29-40H,3-20,27-28,41-42H2,1-2H3. The van der Waals surface area contributed by atoms with Crippen LogP contribution < -0.4 is 9.47 Å². The number of hydrogen-bond donors (Lipinski definition) is 0. The summed E-state index contributed by atoms with van der Waals surface area (Å²) in [5.74, 6) is 1.79. The zero-order chi connectivity index (χ0) is 39.0. The molecule has 3 heteroatoms. The quantitative estimate of drug-likeness (QED) is 0.0542. The van der Waals surface area contributed by atoms with Crippen molar-refractivity contribution in [3.63, 3.8) is 0 Å². The third-order valence-electron chi connectivity index (χ3n) is 11.1. The molecule has 0 spiro atoms. The predicted octanol–water partition coefficient (Wildman–Crippen LogP) is 15.4. The summed E-state index contributed by atoms with van der Waals surface area (Å²) in [6, 6.07) is 37.0. The molecule has 0 radical (unpaired) electrons. The fraction of sp³-hybridized carbons (Fsp3) is 0.453. The Morgan fingerprint density at radius 2 is 0.607 bits per heavy atom. The Morgan fingerprint density at radius 1 is 0.321 bits per heavy atom. The van der Waals surface area contributed by atoms with E-state index >= 15 is 0 Å². The van der Waals surface area contributed by atoms with Gasteiger partial charge in [-0.15, -0.1) is 0 Å². The highest BCUT2D eigenvalue weighted by molar-refractivity contribution is 6.59. The van der Waals surface area contributed by atoms with Gasteiger partial charge in [0.05, 0.1) is 13.2 Å². The van der Waals surface area contributed by atoms with E-state index in [1.165, 1.54) is 116 Å². The lowest BCUT2D eigenvalue weighted by Crippen LogP contribution is -2.02. The first-order chi connectivity index (χ1) is 27.7. The molecule has 5 rings (SSSR count). The molecule has 0 atom stereocenters. The third-order valence-corrected chi connectivity index (χ3v) is 11.1. The molecular formula is C53H68O3. The van der Waals surface area contributed by atoms with Crippen LogP contribution in [0.25, 0.3) is 22.3 Å². The number of allylic oxidation sites excluding steroid dienone is 4. The number of unbranched alkanes of at least 4 members (excludes halogenated alkanes) is 18. The summed E-state index contributed by atoms with van der Waals surface area (Å²) in [4.78, 5) is 14.7. The molecule has 0 heterocycles. The number of rotatable bonds is 28. The minimum atomic E-state index is 0.0509. The van der Waals surface area contributed by atoms with Crippen LogP contribution in [0, 0.1) is 0 Å². The molecule has 1 aliphatic rings. The Labute approximate surface area is 339 Å². The van der Waals surface area contributed by atoms with Crippen LogP contribution in [0.4, 0.5) is 0 Å². The van der Waals surface area contributed by atoms with E-state index < -0.39 is 0 Å². The van der Waals surface area contributed by atoms with Gasteiger partial charge in [-0.1, -0.05) is 214 Å². The average molecular weight is 753 g/mol. The van der Waals surface area contributed by atoms with Crippen molar-refractivity contribution in [1.29, 1.82) is 0 Å². The Bertz CT molecular complexity index is 1620. The van der Waals surface area contributed by atoms with Crippen molar-refractivity contribution in [2.75, 3.05) is 13.2 Å². The summed E-state index contributed by atoms with van der Waals surface area (Å²) in [5, 5.41) is 0. The maximum atomic E-state index is 14.7. The van der Waals surface area contributed by atoms with Crippen molar-refractivity contribution in [3.05, 3.63) is 131 Å². The lowest BCUT2D eigenvalue weighted by atomic mass is 9.89. The predicted molar refractivity (Wildman–Crippen MR) is 239 cm³/mol. The van der Waals surface area contributed by atoms with E-state index in [9.17, 15) is 4.79 Å². The topological polar surface area (TPSA) is 35.5 Å². The van der Waals surface area contributed by atoms with Crippen LogP contribution in [0.3, 0.4) is 0 Å². The number of carbonyl (C=O) groups is 1. The van der Waals surface area contributed by atoms with Crippen molar-refractivity contribution in [2.45, 2.75) is 142 Å². The minimum absolute atomic E-state index is 0.0509. The second-order valence-corrected chi connectivity index (χ2v) is 15.7. The lowest BCUT2D eigenvalue weighted by molar-refractivity contribution is -0.108. The van der Waals surface area contributed by atoms with Crippen molar-refractivity contribution in [2.24, 2.45) is 0 Å². The molecule has 0 N–H and O–H groups in total. The summed E-state index contributed by atoms with van der Waals surface area (Å²) < 4.78 is 12.4. The Hall–Kier alpha value is -4.37. The zero-order valence-corrected chi connectivity index (χ0v) is 34.7. The summed E-state index contributed by atoms with van der Waals surface area (Å²) in [7, 11) is 0. The van der Waals surface area contributed by atoms with E-state index in [2.05, 4.69) is 62.4 Å².